The molecule has 0 aromatic rings. The molecule has 0 unspecified atom stereocenters. The molecule has 0 spiro atoms. The first-order valence-electron chi connectivity index (χ1n) is 6.41. The molecule has 1 aliphatic rings. The molecular weight excluding hydrogens is 184 g/mol. The number of nitrogens with two attached hydrogens (primary N) is 1. The van der Waals surface area contributed by atoms with Crippen LogP contribution in [0.3, 0.4) is 0 Å². The molecule has 0 saturated heterocycles. The fraction of sp³-hybridized carbons (Fsp3) is 1.00. The van der Waals surface area contributed by atoms with Crippen molar-refractivity contribution in [1.82, 2.24) is 5.32 Å². The van der Waals surface area contributed by atoms with Gasteiger partial charge in [0.05, 0.1) is 0 Å². The van der Waals surface area contributed by atoms with Gasteiger partial charge in [-0.05, 0) is 45.1 Å². The van der Waals surface area contributed by atoms with E-state index in [0.717, 1.165) is 13.0 Å². The second-order valence-corrected chi connectivity index (χ2v) is 6.29. The Morgan fingerprint density at radius 3 is 2.33 bits per heavy atom. The SMILES string of the molecule is CC(C)(N)CCNCC1(C)CCCCC1. The minimum Gasteiger partial charge on any atom is -0.326 e. The highest BCUT2D eigenvalue weighted by atomic mass is 14.9. The minimum absolute atomic E-state index is 0.0273. The van der Waals surface area contributed by atoms with Crippen molar-refractivity contribution in [3.05, 3.63) is 0 Å². The van der Waals surface area contributed by atoms with E-state index in [0.29, 0.717) is 5.41 Å². The Bertz CT molecular complexity index is 175. The van der Waals surface area contributed by atoms with Gasteiger partial charge in [0.15, 0.2) is 0 Å². The molecule has 2 nitrogen and oxygen atoms in total. The van der Waals surface area contributed by atoms with E-state index in [4.69, 9.17) is 5.73 Å². The van der Waals surface area contributed by atoms with Crippen molar-refractivity contribution in [2.75, 3.05) is 13.1 Å². The molecule has 15 heavy (non-hydrogen) atoms. The average molecular weight is 212 g/mol. The quantitative estimate of drug-likeness (QED) is 0.688. The molecule has 0 aromatic heterocycles. The lowest BCUT2D eigenvalue weighted by Crippen LogP contribution is -2.39. The lowest BCUT2D eigenvalue weighted by molar-refractivity contribution is 0.206. The highest BCUT2D eigenvalue weighted by molar-refractivity contribution is 4.81. The fourth-order valence-electron chi connectivity index (χ4n) is 2.38. The Labute approximate surface area is 95.0 Å². The molecule has 2 heteroatoms. The van der Waals surface area contributed by atoms with Gasteiger partial charge in [0.25, 0.3) is 0 Å². The van der Waals surface area contributed by atoms with Crippen LogP contribution in [0.2, 0.25) is 0 Å². The van der Waals surface area contributed by atoms with Crippen LogP contribution < -0.4 is 11.1 Å². The van der Waals surface area contributed by atoms with Crippen molar-refractivity contribution in [3.63, 3.8) is 0 Å². The van der Waals surface area contributed by atoms with Crippen LogP contribution in [0, 0.1) is 5.41 Å². The Morgan fingerprint density at radius 2 is 1.80 bits per heavy atom. The summed E-state index contributed by atoms with van der Waals surface area (Å²) in [5.74, 6) is 0. The van der Waals surface area contributed by atoms with Crippen LogP contribution in [-0.4, -0.2) is 18.6 Å². The molecule has 1 rings (SSSR count). The van der Waals surface area contributed by atoms with Crippen molar-refractivity contribution in [1.29, 1.82) is 0 Å². The molecular formula is C13H28N2. The molecule has 0 bridgehead atoms. The van der Waals surface area contributed by atoms with Crippen LogP contribution in [0.15, 0.2) is 0 Å². The van der Waals surface area contributed by atoms with Crippen LogP contribution in [-0.2, 0) is 0 Å². The summed E-state index contributed by atoms with van der Waals surface area (Å²) in [7, 11) is 0. The van der Waals surface area contributed by atoms with Gasteiger partial charge in [-0.2, -0.15) is 0 Å². The highest BCUT2D eigenvalue weighted by Crippen LogP contribution is 2.34. The Balaban J connectivity index is 2.13. The van der Waals surface area contributed by atoms with Crippen LogP contribution in [0.1, 0.15) is 59.3 Å². The Hall–Kier alpha value is -0.0800. The summed E-state index contributed by atoms with van der Waals surface area (Å²) in [6.45, 7) is 8.84. The molecule has 0 radical (unpaired) electrons. The largest absolute Gasteiger partial charge is 0.326 e. The second-order valence-electron chi connectivity index (χ2n) is 6.29. The predicted octanol–water partition coefficient (Wildman–Crippen LogP) is 2.67. The van der Waals surface area contributed by atoms with E-state index in [1.54, 1.807) is 0 Å². The lowest BCUT2D eigenvalue weighted by Gasteiger charge is -2.34. The zero-order valence-electron chi connectivity index (χ0n) is 10.7. The molecule has 3 N–H and O–H groups in total. The van der Waals surface area contributed by atoms with Gasteiger partial charge in [0.2, 0.25) is 0 Å². The Morgan fingerprint density at radius 1 is 1.20 bits per heavy atom. The van der Waals surface area contributed by atoms with Crippen LogP contribution in [0.25, 0.3) is 0 Å². The molecule has 0 heterocycles. The second kappa shape index (κ2) is 5.31. The van der Waals surface area contributed by atoms with Gasteiger partial charge in [-0.15, -0.1) is 0 Å². The standard InChI is InChI=1S/C13H28N2/c1-12(2,14)9-10-15-11-13(3)7-5-4-6-8-13/h15H,4-11,14H2,1-3H3. The fourth-order valence-corrected chi connectivity index (χ4v) is 2.38. The molecule has 90 valence electrons. The van der Waals surface area contributed by atoms with Crippen LogP contribution in [0.4, 0.5) is 0 Å². The van der Waals surface area contributed by atoms with Crippen molar-refractivity contribution in [3.8, 4) is 0 Å². The molecule has 1 aliphatic carbocycles. The maximum atomic E-state index is 5.95. The zero-order valence-corrected chi connectivity index (χ0v) is 10.7. The highest BCUT2D eigenvalue weighted by Gasteiger charge is 2.26. The normalized spacial score (nSPS) is 21.6. The van der Waals surface area contributed by atoms with E-state index >= 15 is 0 Å². The van der Waals surface area contributed by atoms with Gasteiger partial charge in [-0.25, -0.2) is 0 Å². The summed E-state index contributed by atoms with van der Waals surface area (Å²) in [6.07, 6.45) is 8.12. The number of nitrogens with one attached hydrogen (secondary N) is 1. The van der Waals surface area contributed by atoms with Crippen molar-refractivity contribution in [2.45, 2.75) is 64.8 Å². The van der Waals surface area contributed by atoms with Crippen molar-refractivity contribution in [2.24, 2.45) is 11.1 Å². The van der Waals surface area contributed by atoms with Crippen LogP contribution >= 0.6 is 0 Å². The summed E-state index contributed by atoms with van der Waals surface area (Å²) < 4.78 is 0. The maximum absolute atomic E-state index is 5.95. The summed E-state index contributed by atoms with van der Waals surface area (Å²) in [6, 6.07) is 0. The predicted molar refractivity (Wildman–Crippen MR) is 66.9 cm³/mol. The smallest absolute Gasteiger partial charge is 0.0109 e. The van der Waals surface area contributed by atoms with Gasteiger partial charge >= 0.3 is 0 Å². The molecule has 0 atom stereocenters. The number of hydrogen-bond acceptors (Lipinski definition) is 2. The van der Waals surface area contributed by atoms with Crippen molar-refractivity contribution >= 4 is 0 Å². The molecule has 1 saturated carbocycles. The molecule has 0 amide bonds. The first kappa shape index (κ1) is 13.0. The van der Waals surface area contributed by atoms with Crippen molar-refractivity contribution < 1.29 is 0 Å². The summed E-state index contributed by atoms with van der Waals surface area (Å²) in [5.41, 5.74) is 6.47. The van der Waals surface area contributed by atoms with E-state index in [1.807, 2.05) is 0 Å². The third-order valence-corrected chi connectivity index (χ3v) is 3.56. The minimum atomic E-state index is -0.0273. The third kappa shape index (κ3) is 5.53. The average Bonchev–Trinajstić information content (AvgIpc) is 2.12. The molecule has 0 aliphatic heterocycles. The van der Waals surface area contributed by atoms with Gasteiger partial charge in [0.1, 0.15) is 0 Å². The lowest BCUT2D eigenvalue weighted by atomic mass is 9.76. The third-order valence-electron chi connectivity index (χ3n) is 3.56. The van der Waals surface area contributed by atoms with E-state index in [-0.39, 0.29) is 5.54 Å². The monoisotopic (exact) mass is 212 g/mol. The number of rotatable bonds is 5. The zero-order chi connectivity index (χ0) is 11.4. The maximum Gasteiger partial charge on any atom is 0.0109 e. The van der Waals surface area contributed by atoms with E-state index in [9.17, 15) is 0 Å². The van der Waals surface area contributed by atoms with Gasteiger partial charge in [-0.3, -0.25) is 0 Å². The Kier molecular flexibility index (Phi) is 4.60. The van der Waals surface area contributed by atoms with Crippen LogP contribution in [0.5, 0.6) is 0 Å². The number of hydrogen-bond donors (Lipinski definition) is 2. The van der Waals surface area contributed by atoms with E-state index < -0.39 is 0 Å². The first-order chi connectivity index (χ1) is 6.91. The molecule has 0 aromatic carbocycles. The summed E-state index contributed by atoms with van der Waals surface area (Å²) in [5, 5.41) is 3.57. The summed E-state index contributed by atoms with van der Waals surface area (Å²) >= 11 is 0. The van der Waals surface area contributed by atoms with Gasteiger partial charge in [-0.1, -0.05) is 26.2 Å². The molecule has 1 fully saturated rings. The van der Waals surface area contributed by atoms with Gasteiger partial charge < -0.3 is 11.1 Å². The van der Waals surface area contributed by atoms with E-state index in [2.05, 4.69) is 26.1 Å². The summed E-state index contributed by atoms with van der Waals surface area (Å²) in [4.78, 5) is 0. The van der Waals surface area contributed by atoms with E-state index in [1.165, 1.54) is 38.6 Å². The topological polar surface area (TPSA) is 38.0 Å². The first-order valence-corrected chi connectivity index (χ1v) is 6.41. The van der Waals surface area contributed by atoms with Gasteiger partial charge in [0, 0.05) is 12.1 Å².